The van der Waals surface area contributed by atoms with Crippen LogP contribution >= 0.6 is 11.6 Å². The van der Waals surface area contributed by atoms with Crippen LogP contribution in [0.25, 0.3) is 11.3 Å². The smallest absolute Gasteiger partial charge is 0.303 e. The number of carboxylic acids is 1. The molecule has 2 rings (SSSR count). The highest BCUT2D eigenvalue weighted by molar-refractivity contribution is 6.30. The molecule has 0 aliphatic rings. The number of hydrogen-bond donors (Lipinski definition) is 2. The van der Waals surface area contributed by atoms with E-state index in [0.717, 1.165) is 18.4 Å². The Morgan fingerprint density at radius 2 is 1.88 bits per heavy atom. The molecule has 0 bridgehead atoms. The van der Waals surface area contributed by atoms with E-state index in [-0.39, 0.29) is 12.3 Å². The molecule has 26 heavy (non-hydrogen) atoms. The minimum absolute atomic E-state index is 0.177. The van der Waals surface area contributed by atoms with E-state index in [1.54, 1.807) is 18.2 Å². The minimum atomic E-state index is -0.784. The number of furan rings is 1. The third kappa shape index (κ3) is 7.11. The number of carbonyl (C=O) groups is 2. The molecule has 6 nitrogen and oxygen atoms in total. The summed E-state index contributed by atoms with van der Waals surface area (Å²) in [5, 5.41) is 13.0. The Kier molecular flexibility index (Phi) is 7.89. The fraction of sp³-hybridized carbons (Fsp3) is 0.316. The summed E-state index contributed by atoms with van der Waals surface area (Å²) in [6.45, 7) is 0. The Bertz CT molecular complexity index is 770. The van der Waals surface area contributed by atoms with Gasteiger partial charge in [0, 0.05) is 23.4 Å². The number of carboxylic acid groups (broad SMARTS) is 1. The second-order valence-electron chi connectivity index (χ2n) is 5.81. The second kappa shape index (κ2) is 10.4. The van der Waals surface area contributed by atoms with Crippen LogP contribution < -0.4 is 5.43 Å². The molecule has 0 radical (unpaired) electrons. The number of nitrogens with one attached hydrogen (secondary N) is 1. The van der Waals surface area contributed by atoms with Gasteiger partial charge in [-0.05, 0) is 37.1 Å². The van der Waals surface area contributed by atoms with Gasteiger partial charge in [-0.1, -0.05) is 36.6 Å². The molecule has 0 fully saturated rings. The number of amides is 1. The lowest BCUT2D eigenvalue weighted by Gasteiger charge is -2.00. The molecule has 0 aliphatic carbocycles. The van der Waals surface area contributed by atoms with E-state index < -0.39 is 5.97 Å². The minimum Gasteiger partial charge on any atom is -0.481 e. The van der Waals surface area contributed by atoms with Crippen LogP contribution in [-0.2, 0) is 9.59 Å². The third-order valence-electron chi connectivity index (χ3n) is 3.66. The van der Waals surface area contributed by atoms with Crippen molar-refractivity contribution in [3.8, 4) is 11.3 Å². The van der Waals surface area contributed by atoms with E-state index in [1.165, 1.54) is 6.21 Å². The van der Waals surface area contributed by atoms with Gasteiger partial charge in [0.05, 0.1) is 6.21 Å². The van der Waals surface area contributed by atoms with Crippen molar-refractivity contribution in [3.05, 3.63) is 47.2 Å². The Morgan fingerprint density at radius 1 is 1.12 bits per heavy atom. The van der Waals surface area contributed by atoms with Crippen molar-refractivity contribution in [2.24, 2.45) is 5.10 Å². The van der Waals surface area contributed by atoms with Crippen LogP contribution in [-0.4, -0.2) is 23.2 Å². The van der Waals surface area contributed by atoms with Crippen molar-refractivity contribution < 1.29 is 19.1 Å². The lowest BCUT2D eigenvalue weighted by molar-refractivity contribution is -0.137. The number of unbranched alkanes of at least 4 members (excludes halogenated alkanes) is 3. The fourth-order valence-electron chi connectivity index (χ4n) is 2.36. The average molecular weight is 377 g/mol. The van der Waals surface area contributed by atoms with E-state index in [4.69, 9.17) is 21.1 Å². The molecule has 138 valence electrons. The van der Waals surface area contributed by atoms with E-state index in [9.17, 15) is 9.59 Å². The van der Waals surface area contributed by atoms with Crippen LogP contribution in [0.15, 0.2) is 45.9 Å². The van der Waals surface area contributed by atoms with Crippen molar-refractivity contribution in [2.75, 3.05) is 0 Å². The normalized spacial score (nSPS) is 11.0. The van der Waals surface area contributed by atoms with Crippen LogP contribution in [0.3, 0.4) is 0 Å². The van der Waals surface area contributed by atoms with Crippen LogP contribution in [0.5, 0.6) is 0 Å². The van der Waals surface area contributed by atoms with Crippen molar-refractivity contribution in [2.45, 2.75) is 38.5 Å². The molecule has 1 heterocycles. The number of hydrogen-bond acceptors (Lipinski definition) is 4. The van der Waals surface area contributed by atoms with Gasteiger partial charge in [-0.15, -0.1) is 0 Å². The molecule has 0 spiro atoms. The number of aliphatic carboxylic acids is 1. The molecule has 0 saturated carbocycles. The molecule has 0 unspecified atom stereocenters. The molecule has 0 saturated heterocycles. The highest BCUT2D eigenvalue weighted by atomic mass is 35.5. The Hall–Kier alpha value is -2.60. The van der Waals surface area contributed by atoms with Gasteiger partial charge < -0.3 is 9.52 Å². The highest BCUT2D eigenvalue weighted by Crippen LogP contribution is 2.24. The van der Waals surface area contributed by atoms with Gasteiger partial charge in [0.25, 0.3) is 0 Å². The molecule has 2 N–H and O–H groups in total. The fourth-order valence-corrected chi connectivity index (χ4v) is 2.55. The highest BCUT2D eigenvalue weighted by Gasteiger charge is 2.04. The van der Waals surface area contributed by atoms with Crippen molar-refractivity contribution in [1.29, 1.82) is 0 Å². The van der Waals surface area contributed by atoms with Crippen LogP contribution in [0.1, 0.15) is 44.3 Å². The van der Waals surface area contributed by atoms with Crippen LogP contribution in [0, 0.1) is 0 Å². The maximum Gasteiger partial charge on any atom is 0.303 e. The first kappa shape index (κ1) is 19.7. The van der Waals surface area contributed by atoms with Crippen molar-refractivity contribution in [3.63, 3.8) is 0 Å². The predicted molar refractivity (Wildman–Crippen MR) is 100 cm³/mol. The lowest BCUT2D eigenvalue weighted by Crippen LogP contribution is -2.16. The number of rotatable bonds is 10. The monoisotopic (exact) mass is 376 g/mol. The molecule has 1 aromatic carbocycles. The van der Waals surface area contributed by atoms with Crippen LogP contribution in [0.2, 0.25) is 5.02 Å². The van der Waals surface area contributed by atoms with E-state index >= 15 is 0 Å². The van der Waals surface area contributed by atoms with E-state index in [0.29, 0.717) is 35.8 Å². The quantitative estimate of drug-likeness (QED) is 0.363. The summed E-state index contributed by atoms with van der Waals surface area (Å²) >= 11 is 5.96. The second-order valence-corrected chi connectivity index (χ2v) is 6.25. The summed E-state index contributed by atoms with van der Waals surface area (Å²) in [5.41, 5.74) is 3.32. The summed E-state index contributed by atoms with van der Waals surface area (Å²) in [5.74, 6) is 0.227. The lowest BCUT2D eigenvalue weighted by atomic mass is 10.1. The number of nitrogens with zero attached hydrogens (tertiary/aromatic N) is 1. The first-order chi connectivity index (χ1) is 12.5. The Labute approximate surface area is 156 Å². The van der Waals surface area contributed by atoms with Gasteiger partial charge in [-0.3, -0.25) is 9.59 Å². The zero-order chi connectivity index (χ0) is 18.8. The summed E-state index contributed by atoms with van der Waals surface area (Å²) in [6.07, 6.45) is 4.96. The van der Waals surface area contributed by atoms with Gasteiger partial charge in [0.1, 0.15) is 11.5 Å². The molecule has 1 amide bonds. The molecule has 7 heteroatoms. The van der Waals surface area contributed by atoms with Gasteiger partial charge in [-0.2, -0.15) is 5.10 Å². The average Bonchev–Trinajstić information content (AvgIpc) is 3.07. The maximum atomic E-state index is 11.7. The zero-order valence-electron chi connectivity index (χ0n) is 14.3. The zero-order valence-corrected chi connectivity index (χ0v) is 15.0. The van der Waals surface area contributed by atoms with Gasteiger partial charge in [-0.25, -0.2) is 5.43 Å². The van der Waals surface area contributed by atoms with E-state index in [1.807, 2.05) is 18.2 Å². The molecular weight excluding hydrogens is 356 g/mol. The standard InChI is InChI=1S/C19H21ClN2O4/c20-15-7-5-6-14(12-15)17-11-10-16(26-17)13-21-22-18(23)8-3-1-2-4-9-19(24)25/h5-7,10-13H,1-4,8-9H2,(H,22,23)(H,24,25)/b21-13+. The molecule has 1 aromatic heterocycles. The first-order valence-corrected chi connectivity index (χ1v) is 8.82. The number of benzene rings is 1. The van der Waals surface area contributed by atoms with Crippen molar-refractivity contribution >= 4 is 29.7 Å². The van der Waals surface area contributed by atoms with Crippen LogP contribution in [0.4, 0.5) is 0 Å². The molecule has 2 aromatic rings. The summed E-state index contributed by atoms with van der Waals surface area (Å²) in [7, 11) is 0. The Morgan fingerprint density at radius 3 is 2.62 bits per heavy atom. The predicted octanol–water partition coefficient (Wildman–Crippen LogP) is 4.48. The number of carbonyl (C=O) groups excluding carboxylic acids is 1. The van der Waals surface area contributed by atoms with Gasteiger partial charge in [0.15, 0.2) is 0 Å². The summed E-state index contributed by atoms with van der Waals surface area (Å²) in [6, 6.07) is 10.9. The summed E-state index contributed by atoms with van der Waals surface area (Å²) in [4.78, 5) is 22.1. The maximum absolute atomic E-state index is 11.7. The largest absolute Gasteiger partial charge is 0.481 e. The van der Waals surface area contributed by atoms with Crippen molar-refractivity contribution in [1.82, 2.24) is 5.43 Å². The Balaban J connectivity index is 1.70. The van der Waals surface area contributed by atoms with Gasteiger partial charge in [0.2, 0.25) is 5.91 Å². The molecular formula is C19H21ClN2O4. The number of hydrazone groups is 1. The topological polar surface area (TPSA) is 91.9 Å². The molecule has 0 atom stereocenters. The number of halogens is 1. The SMILES string of the molecule is O=C(O)CCCCCCC(=O)N/N=C/c1ccc(-c2cccc(Cl)c2)o1. The third-order valence-corrected chi connectivity index (χ3v) is 3.90. The van der Waals surface area contributed by atoms with E-state index in [2.05, 4.69) is 10.5 Å². The first-order valence-electron chi connectivity index (χ1n) is 8.44. The molecule has 0 aliphatic heterocycles. The van der Waals surface area contributed by atoms with Gasteiger partial charge >= 0.3 is 5.97 Å². The summed E-state index contributed by atoms with van der Waals surface area (Å²) < 4.78 is 5.64.